The standard InChI is InChI=1S/C17H26N2O/c1-19-12-6-8-15(13-19)7-2-3-9-16-10-4-5-11-17(16)18-14-20/h4-5,10-11,14-15H,2-3,6-9,12-13H2,1H3,(H,18,20). The molecule has 1 fully saturated rings. The first-order chi connectivity index (χ1) is 9.79. The van der Waals surface area contributed by atoms with Gasteiger partial charge in [-0.05, 0) is 63.2 Å². The van der Waals surface area contributed by atoms with Crippen molar-refractivity contribution >= 4 is 12.1 Å². The van der Waals surface area contributed by atoms with Gasteiger partial charge in [-0.2, -0.15) is 0 Å². The fraction of sp³-hybridized carbons (Fsp3) is 0.588. The molecule has 3 heteroatoms. The van der Waals surface area contributed by atoms with Crippen molar-refractivity contribution < 1.29 is 4.79 Å². The molecule has 0 aromatic heterocycles. The van der Waals surface area contributed by atoms with E-state index in [9.17, 15) is 4.79 Å². The molecular weight excluding hydrogens is 248 g/mol. The Morgan fingerprint density at radius 2 is 2.20 bits per heavy atom. The van der Waals surface area contributed by atoms with Crippen LogP contribution in [0.25, 0.3) is 0 Å². The van der Waals surface area contributed by atoms with E-state index in [0.29, 0.717) is 0 Å². The van der Waals surface area contributed by atoms with Crippen LogP contribution < -0.4 is 5.32 Å². The Hall–Kier alpha value is -1.35. The number of piperidine rings is 1. The van der Waals surface area contributed by atoms with E-state index in [4.69, 9.17) is 0 Å². The summed E-state index contributed by atoms with van der Waals surface area (Å²) in [6.45, 7) is 2.53. The van der Waals surface area contributed by atoms with Gasteiger partial charge >= 0.3 is 0 Å². The molecule has 1 aromatic carbocycles. The molecule has 110 valence electrons. The minimum atomic E-state index is 0.761. The van der Waals surface area contributed by atoms with E-state index in [1.807, 2.05) is 18.2 Å². The second-order valence-corrected chi connectivity index (χ2v) is 5.94. The number of hydrogen-bond donors (Lipinski definition) is 1. The first-order valence-electron chi connectivity index (χ1n) is 7.76. The summed E-state index contributed by atoms with van der Waals surface area (Å²) in [5, 5.41) is 2.78. The molecule has 20 heavy (non-hydrogen) atoms. The molecule has 1 amide bonds. The second-order valence-electron chi connectivity index (χ2n) is 5.94. The maximum Gasteiger partial charge on any atom is 0.211 e. The maximum absolute atomic E-state index is 10.6. The number of aryl methyl sites for hydroxylation is 1. The highest BCUT2D eigenvalue weighted by molar-refractivity contribution is 5.73. The maximum atomic E-state index is 10.6. The summed E-state index contributed by atoms with van der Waals surface area (Å²) in [7, 11) is 2.23. The van der Waals surface area contributed by atoms with Crippen molar-refractivity contribution in [2.75, 3.05) is 25.5 Å². The number of benzene rings is 1. The fourth-order valence-electron chi connectivity index (χ4n) is 3.20. The van der Waals surface area contributed by atoms with Crippen LogP contribution in [-0.4, -0.2) is 31.4 Å². The lowest BCUT2D eigenvalue weighted by Gasteiger charge is -2.29. The third kappa shape index (κ3) is 4.64. The summed E-state index contributed by atoms with van der Waals surface area (Å²) in [5.41, 5.74) is 2.21. The topological polar surface area (TPSA) is 32.3 Å². The van der Waals surface area contributed by atoms with Crippen LogP contribution in [0.4, 0.5) is 5.69 Å². The van der Waals surface area contributed by atoms with Crippen molar-refractivity contribution in [1.82, 2.24) is 4.90 Å². The van der Waals surface area contributed by atoms with Crippen molar-refractivity contribution in [3.05, 3.63) is 29.8 Å². The summed E-state index contributed by atoms with van der Waals surface area (Å²) in [4.78, 5) is 13.0. The highest BCUT2D eigenvalue weighted by Gasteiger charge is 2.16. The summed E-state index contributed by atoms with van der Waals surface area (Å²) in [5.74, 6) is 0.886. The monoisotopic (exact) mass is 274 g/mol. The molecule has 0 radical (unpaired) electrons. The van der Waals surface area contributed by atoms with Crippen molar-refractivity contribution in [1.29, 1.82) is 0 Å². The van der Waals surface area contributed by atoms with Gasteiger partial charge in [0.25, 0.3) is 0 Å². The molecule has 1 unspecified atom stereocenters. The Balaban J connectivity index is 1.71. The number of hydrogen-bond acceptors (Lipinski definition) is 2. The zero-order valence-electron chi connectivity index (χ0n) is 12.5. The lowest BCUT2D eigenvalue weighted by atomic mass is 9.92. The molecule has 2 rings (SSSR count). The lowest BCUT2D eigenvalue weighted by molar-refractivity contribution is -0.105. The summed E-state index contributed by atoms with van der Waals surface area (Å²) in [6.07, 6.45) is 8.40. The molecule has 1 heterocycles. The molecule has 0 spiro atoms. The molecule has 1 aliphatic rings. The zero-order chi connectivity index (χ0) is 14.2. The highest BCUT2D eigenvalue weighted by Crippen LogP contribution is 2.22. The predicted molar refractivity (Wildman–Crippen MR) is 83.9 cm³/mol. The normalized spacial score (nSPS) is 19.8. The highest BCUT2D eigenvalue weighted by atomic mass is 16.1. The SMILES string of the molecule is CN1CCCC(CCCCc2ccccc2NC=O)C1. The Morgan fingerprint density at radius 3 is 3.00 bits per heavy atom. The van der Waals surface area contributed by atoms with E-state index in [1.165, 1.54) is 50.8 Å². The van der Waals surface area contributed by atoms with E-state index in [-0.39, 0.29) is 0 Å². The van der Waals surface area contributed by atoms with Crippen LogP contribution in [0, 0.1) is 5.92 Å². The van der Waals surface area contributed by atoms with Gasteiger partial charge in [0.1, 0.15) is 0 Å². The molecule has 1 saturated heterocycles. The van der Waals surface area contributed by atoms with Crippen molar-refractivity contribution in [2.45, 2.75) is 38.5 Å². The number of anilines is 1. The van der Waals surface area contributed by atoms with Gasteiger partial charge in [0.15, 0.2) is 0 Å². The van der Waals surface area contributed by atoms with Crippen LogP contribution in [0.1, 0.15) is 37.7 Å². The van der Waals surface area contributed by atoms with E-state index in [1.54, 1.807) is 0 Å². The van der Waals surface area contributed by atoms with E-state index in [2.05, 4.69) is 23.3 Å². The van der Waals surface area contributed by atoms with Gasteiger partial charge in [0, 0.05) is 12.2 Å². The molecule has 1 aliphatic heterocycles. The molecule has 0 aliphatic carbocycles. The number of rotatable bonds is 7. The van der Waals surface area contributed by atoms with Crippen molar-refractivity contribution in [3.63, 3.8) is 0 Å². The molecule has 3 nitrogen and oxygen atoms in total. The Kier molecular flexibility index (Phi) is 6.06. The average Bonchev–Trinajstić information content (AvgIpc) is 2.46. The summed E-state index contributed by atoms with van der Waals surface area (Å²) in [6, 6.07) is 8.09. The van der Waals surface area contributed by atoms with Crippen LogP contribution in [0.2, 0.25) is 0 Å². The zero-order valence-corrected chi connectivity index (χ0v) is 12.5. The largest absolute Gasteiger partial charge is 0.328 e. The van der Waals surface area contributed by atoms with Gasteiger partial charge in [0.05, 0.1) is 0 Å². The van der Waals surface area contributed by atoms with Gasteiger partial charge in [-0.3, -0.25) is 4.79 Å². The van der Waals surface area contributed by atoms with Gasteiger partial charge in [-0.25, -0.2) is 0 Å². The first kappa shape index (κ1) is 15.0. The van der Waals surface area contributed by atoms with E-state index >= 15 is 0 Å². The summed E-state index contributed by atoms with van der Waals surface area (Å²) >= 11 is 0. The van der Waals surface area contributed by atoms with Crippen LogP contribution in [-0.2, 0) is 11.2 Å². The van der Waals surface area contributed by atoms with Crippen LogP contribution in [0.15, 0.2) is 24.3 Å². The number of likely N-dealkylation sites (tertiary alicyclic amines) is 1. The minimum Gasteiger partial charge on any atom is -0.328 e. The lowest BCUT2D eigenvalue weighted by Crippen LogP contribution is -2.31. The number of unbranched alkanes of at least 4 members (excludes halogenated alkanes) is 1. The number of carbonyl (C=O) groups excluding carboxylic acids is 1. The molecule has 1 aromatic rings. The number of carbonyl (C=O) groups is 1. The van der Waals surface area contributed by atoms with Gasteiger partial charge in [-0.1, -0.05) is 24.6 Å². The number of nitrogens with one attached hydrogen (secondary N) is 1. The number of nitrogens with zero attached hydrogens (tertiary/aromatic N) is 1. The fourth-order valence-corrected chi connectivity index (χ4v) is 3.20. The summed E-state index contributed by atoms with van der Waals surface area (Å²) < 4.78 is 0. The Labute approximate surface area is 122 Å². The molecular formula is C17H26N2O. The van der Waals surface area contributed by atoms with Gasteiger partial charge in [0.2, 0.25) is 6.41 Å². The predicted octanol–water partition coefficient (Wildman–Crippen LogP) is 3.31. The Bertz CT molecular complexity index is 419. The van der Waals surface area contributed by atoms with E-state index in [0.717, 1.165) is 24.4 Å². The number of para-hydroxylation sites is 1. The van der Waals surface area contributed by atoms with Gasteiger partial charge < -0.3 is 10.2 Å². The first-order valence-corrected chi connectivity index (χ1v) is 7.76. The number of amides is 1. The van der Waals surface area contributed by atoms with Crippen molar-refractivity contribution in [2.24, 2.45) is 5.92 Å². The molecule has 0 saturated carbocycles. The average molecular weight is 274 g/mol. The molecule has 1 atom stereocenters. The smallest absolute Gasteiger partial charge is 0.211 e. The van der Waals surface area contributed by atoms with Crippen molar-refractivity contribution in [3.8, 4) is 0 Å². The molecule has 1 N–H and O–H groups in total. The van der Waals surface area contributed by atoms with Gasteiger partial charge in [-0.15, -0.1) is 0 Å². The van der Waals surface area contributed by atoms with E-state index < -0.39 is 0 Å². The quantitative estimate of drug-likeness (QED) is 0.611. The van der Waals surface area contributed by atoms with Crippen LogP contribution in [0.3, 0.4) is 0 Å². The second kappa shape index (κ2) is 8.05. The third-order valence-corrected chi connectivity index (χ3v) is 4.26. The Morgan fingerprint density at radius 1 is 1.35 bits per heavy atom. The third-order valence-electron chi connectivity index (χ3n) is 4.26. The van der Waals surface area contributed by atoms with Crippen LogP contribution in [0.5, 0.6) is 0 Å². The molecule has 0 bridgehead atoms. The van der Waals surface area contributed by atoms with Crippen LogP contribution >= 0.6 is 0 Å². The minimum absolute atomic E-state index is 0.761.